The fraction of sp³-hybridized carbons (Fsp3) is 0.333. The number of carboxylic acid groups (broad SMARTS) is 1. The molecule has 0 spiro atoms. The van der Waals surface area contributed by atoms with Crippen LogP contribution in [0.1, 0.15) is 36.8 Å². The zero-order valence-electron chi connectivity index (χ0n) is 15.1. The summed E-state index contributed by atoms with van der Waals surface area (Å²) in [5.41, 5.74) is 1.02. The largest absolute Gasteiger partial charge is 0.481 e. The van der Waals surface area contributed by atoms with Crippen molar-refractivity contribution in [2.45, 2.75) is 31.1 Å². The number of halogens is 1. The Morgan fingerprint density at radius 2 is 1.81 bits per heavy atom. The third-order valence-corrected chi connectivity index (χ3v) is 5.20. The first-order valence-corrected chi connectivity index (χ1v) is 8.90. The van der Waals surface area contributed by atoms with E-state index in [1.165, 1.54) is 12.1 Å². The molecule has 6 heteroatoms. The van der Waals surface area contributed by atoms with Gasteiger partial charge in [0, 0.05) is 18.9 Å². The number of carbonyl (C=O) groups excluding carboxylic acids is 1. The number of anilines is 1. The summed E-state index contributed by atoms with van der Waals surface area (Å²) in [5, 5.41) is 12.0. The van der Waals surface area contributed by atoms with E-state index in [0.717, 1.165) is 0 Å². The maximum Gasteiger partial charge on any atom is 0.310 e. The number of benzene rings is 2. The van der Waals surface area contributed by atoms with Gasteiger partial charge in [-0.1, -0.05) is 24.3 Å². The minimum atomic E-state index is -0.904. The molecule has 1 aliphatic rings. The monoisotopic (exact) mass is 371 g/mol. The van der Waals surface area contributed by atoms with Crippen LogP contribution in [0, 0.1) is 5.82 Å². The maximum atomic E-state index is 13.8. The summed E-state index contributed by atoms with van der Waals surface area (Å²) in [7, 11) is 0. The van der Waals surface area contributed by atoms with E-state index in [4.69, 9.17) is 9.84 Å². The predicted molar refractivity (Wildman–Crippen MR) is 99.3 cm³/mol. The van der Waals surface area contributed by atoms with Crippen molar-refractivity contribution in [1.82, 2.24) is 0 Å². The first-order chi connectivity index (χ1) is 12.9. The van der Waals surface area contributed by atoms with E-state index in [1.807, 2.05) is 0 Å². The number of rotatable bonds is 5. The molecule has 1 fully saturated rings. The van der Waals surface area contributed by atoms with Crippen molar-refractivity contribution in [3.05, 3.63) is 65.5 Å². The van der Waals surface area contributed by atoms with E-state index >= 15 is 0 Å². The molecule has 142 valence electrons. The van der Waals surface area contributed by atoms with Crippen molar-refractivity contribution >= 4 is 17.6 Å². The first kappa shape index (κ1) is 19.0. The van der Waals surface area contributed by atoms with Gasteiger partial charge >= 0.3 is 5.97 Å². The zero-order chi connectivity index (χ0) is 19.4. The molecule has 0 aromatic heterocycles. The number of carbonyl (C=O) groups is 2. The van der Waals surface area contributed by atoms with Gasteiger partial charge in [-0.3, -0.25) is 9.59 Å². The van der Waals surface area contributed by atoms with E-state index in [2.05, 4.69) is 5.32 Å². The summed E-state index contributed by atoms with van der Waals surface area (Å²) in [6.45, 7) is 2.47. The molecule has 5 nitrogen and oxygen atoms in total. The smallest absolute Gasteiger partial charge is 0.310 e. The molecule has 0 radical (unpaired) electrons. The van der Waals surface area contributed by atoms with Gasteiger partial charge in [0.25, 0.3) is 0 Å². The number of aliphatic carboxylic acids is 1. The Labute approximate surface area is 157 Å². The lowest BCUT2D eigenvalue weighted by atomic mass is 9.73. The highest BCUT2D eigenvalue weighted by atomic mass is 19.1. The summed E-state index contributed by atoms with van der Waals surface area (Å²) >= 11 is 0. The second-order valence-electron chi connectivity index (χ2n) is 6.84. The lowest BCUT2D eigenvalue weighted by Gasteiger charge is -2.36. The summed E-state index contributed by atoms with van der Waals surface area (Å²) < 4.78 is 19.2. The summed E-state index contributed by atoms with van der Waals surface area (Å²) in [5.74, 6) is -2.11. The van der Waals surface area contributed by atoms with Gasteiger partial charge in [-0.2, -0.15) is 0 Å². The molecule has 1 unspecified atom stereocenters. The van der Waals surface area contributed by atoms with Crippen LogP contribution < -0.4 is 5.32 Å². The molecular formula is C21H22FNO4. The Morgan fingerprint density at radius 3 is 2.41 bits per heavy atom. The molecular weight excluding hydrogens is 349 g/mol. The van der Waals surface area contributed by atoms with Crippen molar-refractivity contribution < 1.29 is 23.8 Å². The highest BCUT2D eigenvalue weighted by Crippen LogP contribution is 2.36. The highest BCUT2D eigenvalue weighted by molar-refractivity contribution is 5.99. The average Bonchev–Trinajstić information content (AvgIpc) is 2.68. The molecule has 1 heterocycles. The SMILES string of the molecule is CC(C(=O)O)c1ccc(NC(=O)C2(c3cccc(F)c3)CCOCC2)cc1. The molecule has 1 aliphatic heterocycles. The highest BCUT2D eigenvalue weighted by Gasteiger charge is 2.42. The van der Waals surface area contributed by atoms with E-state index in [0.29, 0.717) is 42.9 Å². The standard InChI is InChI=1S/C21H22FNO4/c1-14(19(24)25)15-5-7-18(8-6-15)23-20(26)21(9-11-27-12-10-21)16-3-2-4-17(22)13-16/h2-8,13-14H,9-12H2,1H3,(H,23,26)(H,24,25). The van der Waals surface area contributed by atoms with E-state index < -0.39 is 17.3 Å². The van der Waals surface area contributed by atoms with Gasteiger partial charge in [-0.25, -0.2) is 4.39 Å². The van der Waals surface area contributed by atoms with Crippen LogP contribution in [0.25, 0.3) is 0 Å². The van der Waals surface area contributed by atoms with Crippen LogP contribution in [0.5, 0.6) is 0 Å². The van der Waals surface area contributed by atoms with Crippen LogP contribution in [-0.2, 0) is 19.7 Å². The molecule has 1 amide bonds. The van der Waals surface area contributed by atoms with Crippen LogP contribution >= 0.6 is 0 Å². The molecule has 3 rings (SSSR count). The third-order valence-electron chi connectivity index (χ3n) is 5.20. The van der Waals surface area contributed by atoms with Crippen molar-refractivity contribution in [2.24, 2.45) is 0 Å². The summed E-state index contributed by atoms with van der Waals surface area (Å²) in [6, 6.07) is 12.9. The Hall–Kier alpha value is -2.73. The fourth-order valence-corrected chi connectivity index (χ4v) is 3.40. The molecule has 2 N–H and O–H groups in total. The number of hydrogen-bond acceptors (Lipinski definition) is 3. The number of hydrogen-bond donors (Lipinski definition) is 2. The quantitative estimate of drug-likeness (QED) is 0.840. The molecule has 0 aliphatic carbocycles. The van der Waals surface area contributed by atoms with Crippen LogP contribution in [0.4, 0.5) is 10.1 Å². The Morgan fingerprint density at radius 1 is 1.15 bits per heavy atom. The van der Waals surface area contributed by atoms with Crippen molar-refractivity contribution in [1.29, 1.82) is 0 Å². The van der Waals surface area contributed by atoms with Gasteiger partial charge in [0.15, 0.2) is 0 Å². The topological polar surface area (TPSA) is 75.6 Å². The molecule has 1 saturated heterocycles. The Kier molecular flexibility index (Phi) is 5.56. The Bertz CT molecular complexity index is 828. The normalized spacial score (nSPS) is 17.1. The van der Waals surface area contributed by atoms with E-state index in [9.17, 15) is 14.0 Å². The summed E-state index contributed by atoms with van der Waals surface area (Å²) in [4.78, 5) is 24.2. The second kappa shape index (κ2) is 7.88. The molecule has 0 saturated carbocycles. The van der Waals surface area contributed by atoms with Crippen LogP contribution in [-0.4, -0.2) is 30.2 Å². The fourth-order valence-electron chi connectivity index (χ4n) is 3.40. The third kappa shape index (κ3) is 4.01. The van der Waals surface area contributed by atoms with Crippen molar-refractivity contribution in [3.8, 4) is 0 Å². The molecule has 1 atom stereocenters. The number of nitrogens with one attached hydrogen (secondary N) is 1. The maximum absolute atomic E-state index is 13.8. The lowest BCUT2D eigenvalue weighted by Crippen LogP contribution is -2.44. The van der Waals surface area contributed by atoms with E-state index in [-0.39, 0.29) is 11.7 Å². The predicted octanol–water partition coefficient (Wildman–Crippen LogP) is 3.70. The molecule has 2 aromatic carbocycles. The van der Waals surface area contributed by atoms with E-state index in [1.54, 1.807) is 43.3 Å². The van der Waals surface area contributed by atoms with Gasteiger partial charge in [-0.05, 0) is 55.2 Å². The number of ether oxygens (including phenoxy) is 1. The van der Waals surface area contributed by atoms with Crippen molar-refractivity contribution in [2.75, 3.05) is 18.5 Å². The van der Waals surface area contributed by atoms with Crippen LogP contribution in [0.2, 0.25) is 0 Å². The minimum absolute atomic E-state index is 0.213. The summed E-state index contributed by atoms with van der Waals surface area (Å²) in [6.07, 6.45) is 0.937. The average molecular weight is 371 g/mol. The first-order valence-electron chi connectivity index (χ1n) is 8.90. The molecule has 2 aromatic rings. The minimum Gasteiger partial charge on any atom is -0.481 e. The van der Waals surface area contributed by atoms with Crippen molar-refractivity contribution in [3.63, 3.8) is 0 Å². The molecule has 0 bridgehead atoms. The van der Waals surface area contributed by atoms with Gasteiger partial charge in [-0.15, -0.1) is 0 Å². The second-order valence-corrected chi connectivity index (χ2v) is 6.84. The van der Waals surface area contributed by atoms with Crippen LogP contribution in [0.15, 0.2) is 48.5 Å². The van der Waals surface area contributed by atoms with Gasteiger partial charge in [0.05, 0.1) is 11.3 Å². The van der Waals surface area contributed by atoms with Gasteiger partial charge < -0.3 is 15.2 Å². The Balaban J connectivity index is 1.84. The zero-order valence-corrected chi connectivity index (χ0v) is 15.1. The lowest BCUT2D eigenvalue weighted by molar-refractivity contribution is -0.138. The van der Waals surface area contributed by atoms with Gasteiger partial charge in [0.2, 0.25) is 5.91 Å². The number of carboxylic acids is 1. The van der Waals surface area contributed by atoms with Crippen LogP contribution in [0.3, 0.4) is 0 Å². The van der Waals surface area contributed by atoms with Gasteiger partial charge in [0.1, 0.15) is 5.82 Å². The molecule has 27 heavy (non-hydrogen) atoms. The number of amides is 1.